The lowest BCUT2D eigenvalue weighted by Gasteiger charge is -2.22. The number of aryl methyl sites for hydroxylation is 2. The van der Waals surface area contributed by atoms with Gasteiger partial charge in [0.1, 0.15) is 6.54 Å². The van der Waals surface area contributed by atoms with Crippen LogP contribution in [-0.2, 0) is 14.8 Å². The van der Waals surface area contributed by atoms with Crippen LogP contribution < -0.4 is 9.62 Å². The van der Waals surface area contributed by atoms with Gasteiger partial charge in [0.15, 0.2) is 0 Å². The molecule has 0 radical (unpaired) electrons. The first-order valence-corrected chi connectivity index (χ1v) is 10.2. The highest BCUT2D eigenvalue weighted by Gasteiger charge is 2.21. The summed E-state index contributed by atoms with van der Waals surface area (Å²) in [5.41, 5.74) is 3.15. The molecule has 0 unspecified atom stereocenters. The zero-order valence-corrected chi connectivity index (χ0v) is 16.7. The second kappa shape index (κ2) is 7.52. The van der Waals surface area contributed by atoms with Gasteiger partial charge in [-0.05, 0) is 84.0 Å². The van der Waals surface area contributed by atoms with E-state index in [0.29, 0.717) is 11.4 Å². The van der Waals surface area contributed by atoms with Crippen molar-refractivity contribution in [1.82, 2.24) is 0 Å². The quantitative estimate of drug-likeness (QED) is 0.700. The fourth-order valence-corrected chi connectivity index (χ4v) is 3.35. The van der Waals surface area contributed by atoms with Gasteiger partial charge >= 0.3 is 0 Å². The number of hydrogen-bond acceptors (Lipinski definition) is 3. The number of halogens is 1. The second-order valence-electron chi connectivity index (χ2n) is 5.59. The van der Waals surface area contributed by atoms with Crippen molar-refractivity contribution in [2.45, 2.75) is 13.8 Å². The van der Waals surface area contributed by atoms with E-state index in [1.807, 2.05) is 32.0 Å². The fourth-order valence-electron chi connectivity index (χ4n) is 2.14. The van der Waals surface area contributed by atoms with E-state index in [4.69, 9.17) is 0 Å². The second-order valence-corrected chi connectivity index (χ2v) is 8.75. The van der Waals surface area contributed by atoms with Gasteiger partial charge in [0.25, 0.3) is 0 Å². The molecule has 0 aromatic heterocycles. The van der Waals surface area contributed by atoms with Crippen LogP contribution in [0.15, 0.2) is 42.5 Å². The summed E-state index contributed by atoms with van der Waals surface area (Å²) in [7, 11) is -3.57. The number of hydrogen-bond donors (Lipinski definition) is 1. The molecule has 0 aliphatic carbocycles. The van der Waals surface area contributed by atoms with E-state index < -0.39 is 10.0 Å². The molecule has 0 saturated carbocycles. The summed E-state index contributed by atoms with van der Waals surface area (Å²) in [6.45, 7) is 3.59. The number of amides is 1. The number of nitrogens with zero attached hydrogens (tertiary/aromatic N) is 1. The Hall–Kier alpha value is -1.61. The van der Waals surface area contributed by atoms with Crippen LogP contribution in [0, 0.1) is 17.4 Å². The van der Waals surface area contributed by atoms with Crippen molar-refractivity contribution in [3.05, 3.63) is 57.2 Å². The first-order valence-electron chi connectivity index (χ1n) is 7.27. The van der Waals surface area contributed by atoms with Gasteiger partial charge in [-0.1, -0.05) is 6.07 Å². The van der Waals surface area contributed by atoms with Crippen molar-refractivity contribution in [1.29, 1.82) is 0 Å². The van der Waals surface area contributed by atoms with Crippen LogP contribution in [0.25, 0.3) is 0 Å². The van der Waals surface area contributed by atoms with E-state index in [1.54, 1.807) is 24.3 Å². The number of carbonyl (C=O) groups is 1. The first-order chi connectivity index (χ1) is 11.2. The van der Waals surface area contributed by atoms with Gasteiger partial charge in [-0.25, -0.2) is 8.42 Å². The van der Waals surface area contributed by atoms with Crippen molar-refractivity contribution in [2.24, 2.45) is 0 Å². The number of sulfonamides is 1. The molecule has 1 N–H and O–H groups in total. The molecule has 2 aromatic carbocycles. The average Bonchev–Trinajstić information content (AvgIpc) is 2.49. The normalized spacial score (nSPS) is 11.2. The molecule has 0 bridgehead atoms. The highest BCUT2D eigenvalue weighted by Crippen LogP contribution is 2.21. The smallest absolute Gasteiger partial charge is 0.245 e. The largest absolute Gasteiger partial charge is 0.325 e. The standard InChI is InChI=1S/C17H19IN2O3S/c1-12-4-9-16(10-13(12)2)20(24(3,22)23)11-17(21)19-15-7-5-14(18)6-8-15/h4-10H,11H2,1-3H3,(H,19,21). The van der Waals surface area contributed by atoms with Gasteiger partial charge in [0.05, 0.1) is 11.9 Å². The average molecular weight is 458 g/mol. The number of carbonyl (C=O) groups excluding carboxylic acids is 1. The molecule has 0 heterocycles. The van der Waals surface area contributed by atoms with Crippen LogP contribution >= 0.6 is 22.6 Å². The van der Waals surface area contributed by atoms with Crippen LogP contribution in [0.3, 0.4) is 0 Å². The lowest BCUT2D eigenvalue weighted by atomic mass is 10.1. The lowest BCUT2D eigenvalue weighted by molar-refractivity contribution is -0.114. The Morgan fingerprint density at radius 1 is 1.08 bits per heavy atom. The molecule has 2 aromatic rings. The van der Waals surface area contributed by atoms with Crippen LogP contribution in [0.1, 0.15) is 11.1 Å². The lowest BCUT2D eigenvalue weighted by Crippen LogP contribution is -2.37. The molecular formula is C17H19IN2O3S. The van der Waals surface area contributed by atoms with Gasteiger partial charge in [0.2, 0.25) is 15.9 Å². The summed E-state index contributed by atoms with van der Waals surface area (Å²) in [5.74, 6) is -0.389. The Kier molecular flexibility index (Phi) is 5.87. The molecule has 7 heteroatoms. The third-order valence-corrected chi connectivity index (χ3v) is 5.45. The minimum atomic E-state index is -3.57. The number of rotatable bonds is 5. The minimum absolute atomic E-state index is 0.271. The predicted octanol–water partition coefficient (Wildman–Crippen LogP) is 3.31. The first kappa shape index (κ1) is 18.7. The zero-order chi connectivity index (χ0) is 17.9. The van der Waals surface area contributed by atoms with E-state index >= 15 is 0 Å². The van der Waals surface area contributed by atoms with Gasteiger partial charge in [0, 0.05) is 9.26 Å². The Morgan fingerprint density at radius 2 is 1.71 bits per heavy atom. The van der Waals surface area contributed by atoms with Crippen molar-refractivity contribution < 1.29 is 13.2 Å². The predicted molar refractivity (Wildman–Crippen MR) is 106 cm³/mol. The Balaban J connectivity index is 2.21. The Labute approximate surface area is 156 Å². The van der Waals surface area contributed by atoms with Crippen molar-refractivity contribution in [3.63, 3.8) is 0 Å². The summed E-state index contributed by atoms with van der Waals surface area (Å²) < 4.78 is 26.4. The maximum atomic E-state index is 12.3. The highest BCUT2D eigenvalue weighted by molar-refractivity contribution is 14.1. The molecule has 24 heavy (non-hydrogen) atoms. The molecule has 0 fully saturated rings. The Bertz CT molecular complexity index is 849. The van der Waals surface area contributed by atoms with E-state index in [1.165, 1.54) is 0 Å². The fraction of sp³-hybridized carbons (Fsp3) is 0.235. The van der Waals surface area contributed by atoms with Crippen LogP contribution in [0.5, 0.6) is 0 Å². The highest BCUT2D eigenvalue weighted by atomic mass is 127. The molecule has 0 aliphatic rings. The van der Waals surface area contributed by atoms with E-state index in [9.17, 15) is 13.2 Å². The van der Waals surface area contributed by atoms with Gasteiger partial charge in [-0.15, -0.1) is 0 Å². The topological polar surface area (TPSA) is 66.5 Å². The maximum absolute atomic E-state index is 12.3. The molecule has 2 rings (SSSR count). The molecule has 1 amide bonds. The van der Waals surface area contributed by atoms with Crippen molar-refractivity contribution >= 4 is 49.9 Å². The molecule has 128 valence electrons. The molecule has 0 spiro atoms. The van der Waals surface area contributed by atoms with E-state index in [2.05, 4.69) is 27.9 Å². The molecule has 0 aliphatic heterocycles. The zero-order valence-electron chi connectivity index (χ0n) is 13.7. The van der Waals surface area contributed by atoms with Crippen LogP contribution in [0.2, 0.25) is 0 Å². The summed E-state index contributed by atoms with van der Waals surface area (Å²) in [6.07, 6.45) is 1.10. The minimum Gasteiger partial charge on any atom is -0.325 e. The van der Waals surface area contributed by atoms with Crippen molar-refractivity contribution in [2.75, 3.05) is 22.4 Å². The third-order valence-electron chi connectivity index (χ3n) is 3.59. The SMILES string of the molecule is Cc1ccc(N(CC(=O)Nc2ccc(I)cc2)S(C)(=O)=O)cc1C. The maximum Gasteiger partial charge on any atom is 0.245 e. The number of anilines is 2. The Morgan fingerprint density at radius 3 is 2.25 bits per heavy atom. The van der Waals surface area contributed by atoms with Crippen molar-refractivity contribution in [3.8, 4) is 0 Å². The molecule has 0 atom stereocenters. The molecule has 5 nitrogen and oxygen atoms in total. The summed E-state index contributed by atoms with van der Waals surface area (Å²) in [5, 5.41) is 2.72. The van der Waals surface area contributed by atoms with Gasteiger partial charge in [-0.2, -0.15) is 0 Å². The summed E-state index contributed by atoms with van der Waals surface area (Å²) in [4.78, 5) is 12.3. The van der Waals surface area contributed by atoms with Crippen LogP contribution in [0.4, 0.5) is 11.4 Å². The van der Waals surface area contributed by atoms with Gasteiger partial charge < -0.3 is 5.32 Å². The third kappa shape index (κ3) is 4.94. The summed E-state index contributed by atoms with van der Waals surface area (Å²) in [6, 6.07) is 12.6. The number of benzene rings is 2. The molecule has 0 saturated heterocycles. The van der Waals surface area contributed by atoms with E-state index in [0.717, 1.165) is 25.3 Å². The van der Waals surface area contributed by atoms with Gasteiger partial charge in [-0.3, -0.25) is 9.10 Å². The molecular weight excluding hydrogens is 439 g/mol. The van der Waals surface area contributed by atoms with E-state index in [-0.39, 0.29) is 12.5 Å². The summed E-state index contributed by atoms with van der Waals surface area (Å²) >= 11 is 2.17. The number of nitrogens with one attached hydrogen (secondary N) is 1. The van der Waals surface area contributed by atoms with Crippen LogP contribution in [-0.4, -0.2) is 27.1 Å². The monoisotopic (exact) mass is 458 g/mol.